The molecule has 0 aliphatic heterocycles. The molecule has 0 heterocycles. The van der Waals surface area contributed by atoms with Crippen LogP contribution < -0.4 is 15.6 Å². The highest BCUT2D eigenvalue weighted by atomic mass is 28.3. The summed E-state index contributed by atoms with van der Waals surface area (Å²) in [7, 11) is -2.87. The van der Waals surface area contributed by atoms with Crippen LogP contribution in [0.1, 0.15) is 250 Å². The lowest BCUT2D eigenvalue weighted by molar-refractivity contribution is 0.518. The van der Waals surface area contributed by atoms with Gasteiger partial charge < -0.3 is 0 Å². The Morgan fingerprint density at radius 3 is 0.766 bits per heavy atom. The van der Waals surface area contributed by atoms with Crippen molar-refractivity contribution >= 4 is 23.6 Å². The van der Waals surface area contributed by atoms with Crippen LogP contribution in [0.3, 0.4) is 0 Å². The highest BCUT2D eigenvalue weighted by molar-refractivity contribution is 7.15. The Morgan fingerprint density at radius 1 is 0.312 bits per heavy atom. The molecule has 4 rings (SSSR count). The Labute approximate surface area is 399 Å². The molecule has 1 radical (unpaired) electrons. The predicted octanol–water partition coefficient (Wildman–Crippen LogP) is 17.5. The quantitative estimate of drug-likeness (QED) is 0.0318. The first-order valence-corrected chi connectivity index (χ1v) is 29.8. The average Bonchev–Trinajstić information content (AvgIpc) is 3.79. The highest BCUT2D eigenvalue weighted by Crippen LogP contribution is 2.37. The largest absolute Gasteiger partial charge is 0.162 e. The highest BCUT2D eigenvalue weighted by Gasteiger charge is 2.48. The lowest BCUT2D eigenvalue weighted by Gasteiger charge is -2.39. The minimum atomic E-state index is -2.87. The van der Waals surface area contributed by atoms with Gasteiger partial charge in [-0.05, 0) is 137 Å². The molecule has 0 N–H and O–H groups in total. The minimum absolute atomic E-state index is 0.0844. The van der Waals surface area contributed by atoms with Crippen molar-refractivity contribution in [3.8, 4) is 0 Å². The summed E-state index contributed by atoms with van der Waals surface area (Å²) in [6.45, 7) is 21.4. The molecule has 0 unspecified atom stereocenters. The lowest BCUT2D eigenvalue weighted by Crippen LogP contribution is -2.70. The summed E-state index contributed by atoms with van der Waals surface area (Å²) in [6.07, 6.45) is 46.5. The van der Waals surface area contributed by atoms with Crippen LogP contribution in [0.5, 0.6) is 0 Å². The van der Waals surface area contributed by atoms with E-state index in [9.17, 15) is 0 Å². The fourth-order valence-electron chi connectivity index (χ4n) is 10.5. The molecule has 0 bridgehead atoms. The number of benzene rings is 3. The van der Waals surface area contributed by atoms with Gasteiger partial charge in [0.25, 0.3) is 0 Å². The van der Waals surface area contributed by atoms with Crippen molar-refractivity contribution in [2.45, 2.75) is 255 Å². The van der Waals surface area contributed by atoms with Crippen molar-refractivity contribution in [2.24, 2.45) is 5.41 Å². The monoisotopic (exact) mass is 884 g/mol. The van der Waals surface area contributed by atoms with Crippen molar-refractivity contribution < 1.29 is 0 Å². The number of hydrogen-bond donors (Lipinski definition) is 0. The van der Waals surface area contributed by atoms with Gasteiger partial charge in [-0.25, -0.2) is 0 Å². The number of aryl methyl sites for hydroxylation is 6. The maximum atomic E-state index is 2.78. The smallest absolute Gasteiger partial charge is 0.0750 e. The Balaban J connectivity index is 2.15. The van der Waals surface area contributed by atoms with Crippen molar-refractivity contribution in [3.05, 3.63) is 117 Å². The van der Waals surface area contributed by atoms with Gasteiger partial charge in [-0.2, -0.15) is 0 Å². The molecule has 64 heavy (non-hydrogen) atoms. The SMILES string of the molecule is CCCCCCc1cc(CCCCCC)cc([Si]([C]2C=CC(C(C)(C)C)=C2)(c2cc(CCCCCC)cc(CCCCCC)c2)c2cc(CCCCCC)cc(CCCCCC)c2)c1. The number of rotatable bonds is 34. The molecule has 1 aliphatic carbocycles. The van der Waals surface area contributed by atoms with Gasteiger partial charge in [0.05, 0.1) is 0 Å². The normalized spacial score (nSPS) is 13.4. The van der Waals surface area contributed by atoms with Gasteiger partial charge in [-0.15, -0.1) is 0 Å². The molecular formula is C63H99Si. The Hall–Kier alpha value is -2.64. The molecule has 3 aromatic carbocycles. The van der Waals surface area contributed by atoms with E-state index in [0.717, 1.165) is 0 Å². The van der Waals surface area contributed by atoms with Crippen LogP contribution in [0.4, 0.5) is 0 Å². The van der Waals surface area contributed by atoms with Gasteiger partial charge >= 0.3 is 0 Å². The Kier molecular flexibility index (Phi) is 25.2. The zero-order valence-corrected chi connectivity index (χ0v) is 44.6. The first-order valence-electron chi connectivity index (χ1n) is 27.8. The van der Waals surface area contributed by atoms with Crippen molar-refractivity contribution in [3.63, 3.8) is 0 Å². The number of allylic oxidation sites excluding steroid dienone is 4. The molecule has 1 heteroatoms. The van der Waals surface area contributed by atoms with E-state index in [2.05, 4.69) is 135 Å². The van der Waals surface area contributed by atoms with E-state index in [4.69, 9.17) is 0 Å². The van der Waals surface area contributed by atoms with Crippen LogP contribution in [0.2, 0.25) is 0 Å². The van der Waals surface area contributed by atoms with Gasteiger partial charge in [-0.3, -0.25) is 0 Å². The molecule has 355 valence electrons. The van der Waals surface area contributed by atoms with Crippen LogP contribution in [-0.2, 0) is 38.5 Å². The third-order valence-electron chi connectivity index (χ3n) is 14.4. The van der Waals surface area contributed by atoms with Crippen LogP contribution in [0.25, 0.3) is 0 Å². The van der Waals surface area contributed by atoms with Crippen molar-refractivity contribution in [2.75, 3.05) is 0 Å². The predicted molar refractivity (Wildman–Crippen MR) is 291 cm³/mol. The summed E-state index contributed by atoms with van der Waals surface area (Å²) in [4.78, 5) is 0. The second-order valence-electron chi connectivity index (χ2n) is 21.4. The minimum Gasteiger partial charge on any atom is -0.0750 e. The molecule has 0 atom stereocenters. The summed E-state index contributed by atoms with van der Waals surface area (Å²) >= 11 is 0. The van der Waals surface area contributed by atoms with E-state index in [1.54, 1.807) is 54.5 Å². The molecule has 1 aliphatic rings. The Bertz CT molecular complexity index is 1530. The van der Waals surface area contributed by atoms with Gasteiger partial charge in [0, 0.05) is 5.54 Å². The van der Waals surface area contributed by atoms with E-state index < -0.39 is 8.07 Å². The third kappa shape index (κ3) is 17.2. The molecule has 0 amide bonds. The molecule has 0 fully saturated rings. The maximum Gasteiger partial charge on any atom is 0.162 e. The second kappa shape index (κ2) is 29.9. The topological polar surface area (TPSA) is 0 Å². The van der Waals surface area contributed by atoms with E-state index in [1.165, 1.54) is 198 Å². The molecular weight excluding hydrogens is 785 g/mol. The van der Waals surface area contributed by atoms with Crippen LogP contribution in [-0.4, -0.2) is 8.07 Å². The lowest BCUT2D eigenvalue weighted by atomic mass is 9.87. The summed E-state index contributed by atoms with van der Waals surface area (Å²) in [5.74, 6) is 0. The van der Waals surface area contributed by atoms with Gasteiger partial charge in [0.2, 0.25) is 0 Å². The number of hydrogen-bond acceptors (Lipinski definition) is 0. The zero-order valence-electron chi connectivity index (χ0n) is 43.6. The number of unbranched alkanes of at least 4 members (excludes halogenated alkanes) is 18. The summed E-state index contributed by atoms with van der Waals surface area (Å²) < 4.78 is 0. The summed E-state index contributed by atoms with van der Waals surface area (Å²) in [5.41, 5.74) is 12.7. The average molecular weight is 885 g/mol. The maximum absolute atomic E-state index is 2.87. The van der Waals surface area contributed by atoms with E-state index >= 15 is 0 Å². The summed E-state index contributed by atoms with van der Waals surface area (Å²) in [6, 6.07) is 24.6. The zero-order chi connectivity index (χ0) is 46.0. The standard InChI is InChI=1S/C63H99Si/c1-10-16-22-28-34-52-42-53(35-29-23-17-11-2)46-60(45-52)64(59-41-40-58(51-59)63(7,8)9,61-47-54(36-30-24-18-12-3)43-55(48-61)37-31-25-19-13-4)62-49-56(38-32-26-20-14-5)44-57(50-62)39-33-27-21-15-6/h40-51H,10-39H2,1-9H3. The first kappa shape index (κ1) is 54.0. The van der Waals surface area contributed by atoms with E-state index in [0.29, 0.717) is 0 Å². The van der Waals surface area contributed by atoms with Crippen LogP contribution in [0.15, 0.2) is 78.4 Å². The van der Waals surface area contributed by atoms with E-state index in [-0.39, 0.29) is 5.41 Å². The first-order chi connectivity index (χ1) is 31.1. The second-order valence-corrected chi connectivity index (χ2v) is 25.2. The molecule has 0 spiro atoms. The van der Waals surface area contributed by atoms with Gasteiger partial charge in [-0.1, -0.05) is 251 Å². The fraction of sp³-hybridized carbons (Fsp3) is 0.635. The van der Waals surface area contributed by atoms with Crippen LogP contribution in [0, 0.1) is 11.0 Å². The third-order valence-corrected chi connectivity index (χ3v) is 19.1. The van der Waals surface area contributed by atoms with Gasteiger partial charge in [0.1, 0.15) is 0 Å². The van der Waals surface area contributed by atoms with Gasteiger partial charge in [0.15, 0.2) is 8.07 Å². The van der Waals surface area contributed by atoms with Crippen molar-refractivity contribution in [1.29, 1.82) is 0 Å². The molecule has 0 saturated heterocycles. The molecule has 3 aromatic rings. The summed E-state index contributed by atoms with van der Waals surface area (Å²) in [5, 5.41) is 4.95. The molecule has 0 saturated carbocycles. The fourth-order valence-corrected chi connectivity index (χ4v) is 15.6. The van der Waals surface area contributed by atoms with E-state index in [1.807, 2.05) is 0 Å². The molecule has 0 aromatic heterocycles. The molecule has 0 nitrogen and oxygen atoms in total. The van der Waals surface area contributed by atoms with Crippen molar-refractivity contribution in [1.82, 2.24) is 0 Å². The van der Waals surface area contributed by atoms with Crippen LogP contribution >= 0.6 is 0 Å². The Morgan fingerprint density at radius 2 is 0.562 bits per heavy atom.